The number of aromatic nitrogens is 2. The van der Waals surface area contributed by atoms with Gasteiger partial charge in [-0.1, -0.05) is 27.7 Å². The third kappa shape index (κ3) is 3.75. The fourth-order valence-electron chi connectivity index (χ4n) is 3.03. The van der Waals surface area contributed by atoms with Gasteiger partial charge in [-0.05, 0) is 31.2 Å². The first kappa shape index (κ1) is 17.9. The third-order valence-corrected chi connectivity index (χ3v) is 5.24. The van der Waals surface area contributed by atoms with Crippen LogP contribution in [-0.4, -0.2) is 27.8 Å². The number of carbonyl (C=O) groups is 1. The Morgan fingerprint density at radius 3 is 2.61 bits per heavy atom. The van der Waals surface area contributed by atoms with Gasteiger partial charge in [-0.3, -0.25) is 9.48 Å². The molecule has 0 aliphatic carbocycles. The van der Waals surface area contributed by atoms with E-state index in [4.69, 9.17) is 5.73 Å². The van der Waals surface area contributed by atoms with E-state index in [0.29, 0.717) is 18.4 Å². The van der Waals surface area contributed by atoms with Crippen molar-refractivity contribution in [3.8, 4) is 0 Å². The number of nitrogens with two attached hydrogens (primary N) is 1. The highest BCUT2D eigenvalue weighted by Gasteiger charge is 2.27. The summed E-state index contributed by atoms with van der Waals surface area (Å²) in [6.07, 6.45) is 0.860. The Balaban J connectivity index is 2.29. The van der Waals surface area contributed by atoms with Crippen LogP contribution in [-0.2, 0) is 7.05 Å². The molecular formula is C17H28N4OS. The lowest BCUT2D eigenvalue weighted by Crippen LogP contribution is -2.52. The Bertz CT molecular complexity index is 701. The summed E-state index contributed by atoms with van der Waals surface area (Å²) in [5.74, 6) is 0.761. The number of nitrogens with zero attached hydrogens (tertiary/aromatic N) is 2. The smallest absolute Gasteiger partial charge is 0.261 e. The van der Waals surface area contributed by atoms with E-state index in [1.165, 1.54) is 11.3 Å². The maximum Gasteiger partial charge on any atom is 0.261 e. The molecule has 128 valence electrons. The normalized spacial score (nSPS) is 14.7. The second-order valence-electron chi connectivity index (χ2n) is 7.31. The summed E-state index contributed by atoms with van der Waals surface area (Å²) >= 11 is 1.49. The van der Waals surface area contributed by atoms with Gasteiger partial charge in [0.1, 0.15) is 4.83 Å². The van der Waals surface area contributed by atoms with Crippen LogP contribution in [0.25, 0.3) is 10.2 Å². The summed E-state index contributed by atoms with van der Waals surface area (Å²) in [6.45, 7) is 11.0. The van der Waals surface area contributed by atoms with Crippen LogP contribution >= 0.6 is 11.3 Å². The number of hydrogen-bond acceptors (Lipinski definition) is 4. The first-order valence-electron chi connectivity index (χ1n) is 8.16. The van der Waals surface area contributed by atoms with Gasteiger partial charge in [0.25, 0.3) is 5.91 Å². The van der Waals surface area contributed by atoms with E-state index >= 15 is 0 Å². The van der Waals surface area contributed by atoms with Gasteiger partial charge < -0.3 is 11.1 Å². The highest BCUT2D eigenvalue weighted by Crippen LogP contribution is 2.31. The maximum atomic E-state index is 12.7. The molecule has 1 amide bonds. The quantitative estimate of drug-likeness (QED) is 0.850. The highest BCUT2D eigenvalue weighted by molar-refractivity contribution is 7.20. The van der Waals surface area contributed by atoms with Crippen LogP contribution in [0.1, 0.15) is 62.3 Å². The number of aryl methyl sites for hydroxylation is 1. The Kier molecular flexibility index (Phi) is 5.16. The molecule has 0 aliphatic heterocycles. The second kappa shape index (κ2) is 6.61. The van der Waals surface area contributed by atoms with E-state index in [1.54, 1.807) is 0 Å². The van der Waals surface area contributed by atoms with Gasteiger partial charge in [-0.25, -0.2) is 0 Å². The Labute approximate surface area is 142 Å². The monoisotopic (exact) mass is 336 g/mol. The van der Waals surface area contributed by atoms with E-state index in [1.807, 2.05) is 24.7 Å². The third-order valence-electron chi connectivity index (χ3n) is 4.04. The molecule has 23 heavy (non-hydrogen) atoms. The van der Waals surface area contributed by atoms with E-state index < -0.39 is 0 Å². The number of thiophene rings is 1. The summed E-state index contributed by atoms with van der Waals surface area (Å²) in [5.41, 5.74) is 6.57. The zero-order valence-corrected chi connectivity index (χ0v) is 15.8. The SMILES string of the molecule is CC(C)CC(C)(CN)NC(=O)c1cc2c(C(C)C)nn(C)c2s1. The summed E-state index contributed by atoms with van der Waals surface area (Å²) < 4.78 is 1.86. The van der Waals surface area contributed by atoms with Gasteiger partial charge in [0.05, 0.1) is 16.1 Å². The van der Waals surface area contributed by atoms with Crippen molar-refractivity contribution in [3.63, 3.8) is 0 Å². The molecule has 2 aromatic heterocycles. The van der Waals surface area contributed by atoms with Crippen LogP contribution in [0.5, 0.6) is 0 Å². The van der Waals surface area contributed by atoms with Crippen molar-refractivity contribution < 1.29 is 4.79 Å². The molecule has 0 spiro atoms. The van der Waals surface area contributed by atoms with Gasteiger partial charge in [-0.2, -0.15) is 5.10 Å². The molecule has 0 aliphatic rings. The van der Waals surface area contributed by atoms with E-state index in [0.717, 1.165) is 27.2 Å². The first-order chi connectivity index (χ1) is 10.7. The Hall–Kier alpha value is -1.40. The number of carbonyl (C=O) groups excluding carboxylic acids is 1. The lowest BCUT2D eigenvalue weighted by atomic mass is 9.90. The molecular weight excluding hydrogens is 308 g/mol. The Morgan fingerprint density at radius 2 is 2.09 bits per heavy atom. The van der Waals surface area contributed by atoms with Gasteiger partial charge in [0.15, 0.2) is 0 Å². The molecule has 0 radical (unpaired) electrons. The van der Waals surface area contributed by atoms with Crippen LogP contribution < -0.4 is 11.1 Å². The molecule has 2 heterocycles. The fourth-order valence-corrected chi connectivity index (χ4v) is 4.00. The van der Waals surface area contributed by atoms with Gasteiger partial charge in [0, 0.05) is 19.0 Å². The second-order valence-corrected chi connectivity index (χ2v) is 8.34. The van der Waals surface area contributed by atoms with Gasteiger partial charge >= 0.3 is 0 Å². The van der Waals surface area contributed by atoms with Crippen molar-refractivity contribution in [2.24, 2.45) is 18.7 Å². The number of hydrogen-bond donors (Lipinski definition) is 2. The lowest BCUT2D eigenvalue weighted by molar-refractivity contribution is 0.0902. The number of fused-ring (bicyclic) bond motifs is 1. The summed E-state index contributed by atoms with van der Waals surface area (Å²) in [4.78, 5) is 14.4. The summed E-state index contributed by atoms with van der Waals surface area (Å²) in [7, 11) is 1.93. The standard InChI is InChI=1S/C17H28N4OS/c1-10(2)8-17(5,9-18)19-15(22)13-7-12-14(11(3)4)20-21(6)16(12)23-13/h7,10-11H,8-9,18H2,1-6H3,(H,19,22). The molecule has 2 aromatic rings. The maximum absolute atomic E-state index is 12.7. The van der Waals surface area contributed by atoms with Crippen molar-refractivity contribution in [2.45, 2.75) is 52.5 Å². The fraction of sp³-hybridized carbons (Fsp3) is 0.647. The van der Waals surface area contributed by atoms with E-state index in [2.05, 4.69) is 38.1 Å². The van der Waals surface area contributed by atoms with Crippen LogP contribution in [0.2, 0.25) is 0 Å². The molecule has 0 aromatic carbocycles. The average molecular weight is 337 g/mol. The summed E-state index contributed by atoms with van der Waals surface area (Å²) in [6, 6.07) is 1.96. The number of rotatable bonds is 6. The predicted octanol–water partition coefficient (Wildman–Crippen LogP) is 3.25. The van der Waals surface area contributed by atoms with Crippen LogP contribution in [0, 0.1) is 5.92 Å². The largest absolute Gasteiger partial charge is 0.345 e. The van der Waals surface area contributed by atoms with Gasteiger partial charge in [-0.15, -0.1) is 11.3 Å². The molecule has 0 bridgehead atoms. The minimum atomic E-state index is -0.374. The van der Waals surface area contributed by atoms with Crippen molar-refractivity contribution in [1.82, 2.24) is 15.1 Å². The van der Waals surface area contributed by atoms with Crippen LogP contribution in [0.15, 0.2) is 6.07 Å². The molecule has 3 N–H and O–H groups in total. The number of nitrogens with one attached hydrogen (secondary N) is 1. The molecule has 0 saturated carbocycles. The van der Waals surface area contributed by atoms with Crippen LogP contribution in [0.4, 0.5) is 0 Å². The predicted molar refractivity (Wildman–Crippen MR) is 97.1 cm³/mol. The molecule has 0 saturated heterocycles. The summed E-state index contributed by atoms with van der Waals surface area (Å²) in [5, 5.41) is 8.76. The lowest BCUT2D eigenvalue weighted by Gasteiger charge is -2.31. The molecule has 5 nitrogen and oxygen atoms in total. The molecule has 2 rings (SSSR count). The Morgan fingerprint density at radius 1 is 1.43 bits per heavy atom. The minimum absolute atomic E-state index is 0.0468. The molecule has 6 heteroatoms. The molecule has 1 atom stereocenters. The van der Waals surface area contributed by atoms with Crippen LogP contribution in [0.3, 0.4) is 0 Å². The average Bonchev–Trinajstić information content (AvgIpc) is 2.99. The first-order valence-corrected chi connectivity index (χ1v) is 8.97. The van der Waals surface area contributed by atoms with Crippen molar-refractivity contribution in [3.05, 3.63) is 16.6 Å². The highest BCUT2D eigenvalue weighted by atomic mass is 32.1. The minimum Gasteiger partial charge on any atom is -0.345 e. The molecule has 1 unspecified atom stereocenters. The van der Waals surface area contributed by atoms with E-state index in [-0.39, 0.29) is 11.4 Å². The number of amides is 1. The van der Waals surface area contributed by atoms with Gasteiger partial charge in [0.2, 0.25) is 0 Å². The van der Waals surface area contributed by atoms with E-state index in [9.17, 15) is 4.79 Å². The van der Waals surface area contributed by atoms with Crippen molar-refractivity contribution in [1.29, 1.82) is 0 Å². The van der Waals surface area contributed by atoms with Crippen molar-refractivity contribution >= 4 is 27.5 Å². The topological polar surface area (TPSA) is 72.9 Å². The zero-order valence-electron chi connectivity index (χ0n) is 14.9. The molecule has 0 fully saturated rings. The van der Waals surface area contributed by atoms with Crippen molar-refractivity contribution in [2.75, 3.05) is 6.54 Å². The zero-order chi connectivity index (χ0) is 17.4.